The first-order chi connectivity index (χ1) is 12.8. The first-order valence-electron chi connectivity index (χ1n) is 8.00. The molecule has 2 heterocycles. The predicted molar refractivity (Wildman–Crippen MR) is 94.9 cm³/mol. The number of aromatic nitrogens is 6. The van der Waals surface area contributed by atoms with Crippen LogP contribution in [0.1, 0.15) is 15.9 Å². The summed E-state index contributed by atoms with van der Waals surface area (Å²) in [5.41, 5.74) is 2.19. The zero-order chi connectivity index (χ0) is 17.8. The fraction of sp³-hybridized carbons (Fsp3) is 0.0556. The zero-order valence-corrected chi connectivity index (χ0v) is 13.7. The second kappa shape index (κ2) is 6.98. The average Bonchev–Trinajstić information content (AvgIpc) is 3.35. The standard InChI is InChI=1S/C18H15N7O/c26-17(15-8-4-5-9-16(15)25-11-10-19-23-25)21-18-22-20-13-24(18)12-14-6-2-1-3-7-14/h1-11,13H,12H2,(H,21,22,26). The van der Waals surface area contributed by atoms with Crippen molar-refractivity contribution in [2.75, 3.05) is 5.32 Å². The maximum Gasteiger partial charge on any atom is 0.260 e. The number of rotatable bonds is 5. The van der Waals surface area contributed by atoms with Crippen molar-refractivity contribution in [1.82, 2.24) is 29.8 Å². The molecule has 0 unspecified atom stereocenters. The van der Waals surface area contributed by atoms with Crippen LogP contribution in [0, 0.1) is 0 Å². The third-order valence-electron chi connectivity index (χ3n) is 3.85. The monoisotopic (exact) mass is 345 g/mol. The van der Waals surface area contributed by atoms with E-state index in [-0.39, 0.29) is 5.91 Å². The molecule has 2 aromatic carbocycles. The number of hydrogen-bond donors (Lipinski definition) is 1. The molecule has 8 nitrogen and oxygen atoms in total. The summed E-state index contributed by atoms with van der Waals surface area (Å²) in [6, 6.07) is 17.1. The van der Waals surface area contributed by atoms with Gasteiger partial charge in [-0.15, -0.1) is 15.3 Å². The number of nitrogens with one attached hydrogen (secondary N) is 1. The number of amides is 1. The molecule has 2 aromatic heterocycles. The second-order valence-corrected chi connectivity index (χ2v) is 5.59. The minimum Gasteiger partial charge on any atom is -0.295 e. The molecule has 0 aliphatic heterocycles. The van der Waals surface area contributed by atoms with Crippen LogP contribution in [-0.2, 0) is 6.54 Å². The highest BCUT2D eigenvalue weighted by molar-refractivity contribution is 6.05. The lowest BCUT2D eigenvalue weighted by molar-refractivity contribution is 0.102. The Hall–Kier alpha value is -3.81. The maximum atomic E-state index is 12.8. The fourth-order valence-corrected chi connectivity index (χ4v) is 2.62. The number of carbonyl (C=O) groups excluding carboxylic acids is 1. The Kier molecular flexibility index (Phi) is 4.21. The molecule has 8 heteroatoms. The normalized spacial score (nSPS) is 10.6. The van der Waals surface area contributed by atoms with Crippen LogP contribution in [0.3, 0.4) is 0 Å². The smallest absolute Gasteiger partial charge is 0.260 e. The molecule has 1 N–H and O–H groups in total. The van der Waals surface area contributed by atoms with Crippen molar-refractivity contribution >= 4 is 11.9 Å². The van der Waals surface area contributed by atoms with Gasteiger partial charge >= 0.3 is 0 Å². The molecule has 0 spiro atoms. The molecular weight excluding hydrogens is 330 g/mol. The van der Waals surface area contributed by atoms with Crippen LogP contribution in [0.2, 0.25) is 0 Å². The molecule has 0 atom stereocenters. The minimum absolute atomic E-state index is 0.293. The van der Waals surface area contributed by atoms with E-state index in [1.54, 1.807) is 46.2 Å². The molecule has 0 fully saturated rings. The van der Waals surface area contributed by atoms with Crippen molar-refractivity contribution in [3.8, 4) is 5.69 Å². The Labute approximate surface area is 149 Å². The lowest BCUT2D eigenvalue weighted by Crippen LogP contribution is -2.18. The van der Waals surface area contributed by atoms with Gasteiger partial charge in [0, 0.05) is 0 Å². The van der Waals surface area contributed by atoms with E-state index in [1.807, 2.05) is 36.4 Å². The van der Waals surface area contributed by atoms with Gasteiger partial charge in [0.25, 0.3) is 5.91 Å². The quantitative estimate of drug-likeness (QED) is 0.598. The SMILES string of the molecule is O=C(Nc1nncn1Cc1ccccc1)c1ccccc1-n1ccnn1. The van der Waals surface area contributed by atoms with Gasteiger partial charge in [0.2, 0.25) is 5.95 Å². The lowest BCUT2D eigenvalue weighted by Gasteiger charge is -2.10. The summed E-state index contributed by atoms with van der Waals surface area (Å²) in [7, 11) is 0. The maximum absolute atomic E-state index is 12.8. The number of para-hydroxylation sites is 1. The highest BCUT2D eigenvalue weighted by atomic mass is 16.1. The first-order valence-corrected chi connectivity index (χ1v) is 8.00. The molecular formula is C18H15N7O. The Morgan fingerprint density at radius 2 is 1.81 bits per heavy atom. The van der Waals surface area contributed by atoms with Crippen molar-refractivity contribution in [3.63, 3.8) is 0 Å². The first kappa shape index (κ1) is 15.7. The van der Waals surface area contributed by atoms with Crippen molar-refractivity contribution < 1.29 is 4.79 Å². The van der Waals surface area contributed by atoms with E-state index in [0.717, 1.165) is 5.56 Å². The summed E-state index contributed by atoms with van der Waals surface area (Å²) in [5.74, 6) is 0.0886. The van der Waals surface area contributed by atoms with Crippen LogP contribution in [0.4, 0.5) is 5.95 Å². The molecule has 0 bridgehead atoms. The van der Waals surface area contributed by atoms with Gasteiger partial charge in [-0.3, -0.25) is 14.7 Å². The summed E-state index contributed by atoms with van der Waals surface area (Å²) in [6.45, 7) is 0.564. The molecule has 0 aliphatic carbocycles. The van der Waals surface area contributed by atoms with E-state index in [1.165, 1.54) is 0 Å². The Morgan fingerprint density at radius 3 is 2.62 bits per heavy atom. The lowest BCUT2D eigenvalue weighted by atomic mass is 10.1. The summed E-state index contributed by atoms with van der Waals surface area (Å²) in [4.78, 5) is 12.8. The van der Waals surface area contributed by atoms with Gasteiger partial charge in [-0.2, -0.15) is 0 Å². The van der Waals surface area contributed by atoms with Gasteiger partial charge in [-0.05, 0) is 17.7 Å². The molecule has 0 radical (unpaired) electrons. The van der Waals surface area contributed by atoms with Crippen LogP contribution in [-0.4, -0.2) is 35.7 Å². The molecule has 4 aromatic rings. The third-order valence-corrected chi connectivity index (χ3v) is 3.85. The van der Waals surface area contributed by atoms with E-state index in [0.29, 0.717) is 23.7 Å². The topological polar surface area (TPSA) is 90.5 Å². The Morgan fingerprint density at radius 1 is 1.00 bits per heavy atom. The molecule has 128 valence electrons. The van der Waals surface area contributed by atoms with Crippen LogP contribution in [0.5, 0.6) is 0 Å². The van der Waals surface area contributed by atoms with Gasteiger partial charge in [0.05, 0.1) is 30.2 Å². The summed E-state index contributed by atoms with van der Waals surface area (Å²) in [5, 5.41) is 18.5. The molecule has 0 saturated carbocycles. The number of benzene rings is 2. The largest absolute Gasteiger partial charge is 0.295 e. The molecule has 26 heavy (non-hydrogen) atoms. The van der Waals surface area contributed by atoms with Crippen molar-refractivity contribution in [3.05, 3.63) is 84.4 Å². The van der Waals surface area contributed by atoms with E-state index in [9.17, 15) is 4.79 Å². The molecule has 1 amide bonds. The van der Waals surface area contributed by atoms with Crippen LogP contribution < -0.4 is 5.32 Å². The van der Waals surface area contributed by atoms with Gasteiger partial charge in [-0.25, -0.2) is 4.68 Å². The van der Waals surface area contributed by atoms with E-state index >= 15 is 0 Å². The Balaban J connectivity index is 1.58. The fourth-order valence-electron chi connectivity index (χ4n) is 2.62. The minimum atomic E-state index is -0.293. The van der Waals surface area contributed by atoms with Gasteiger partial charge < -0.3 is 0 Å². The molecule has 4 rings (SSSR count). The van der Waals surface area contributed by atoms with Crippen molar-refractivity contribution in [2.45, 2.75) is 6.54 Å². The molecule has 0 aliphatic rings. The number of anilines is 1. The van der Waals surface area contributed by atoms with Crippen molar-refractivity contribution in [2.24, 2.45) is 0 Å². The highest BCUT2D eigenvalue weighted by Gasteiger charge is 2.15. The van der Waals surface area contributed by atoms with E-state index in [2.05, 4.69) is 25.8 Å². The number of carbonyl (C=O) groups is 1. The number of hydrogen-bond acceptors (Lipinski definition) is 5. The third kappa shape index (κ3) is 3.20. The van der Waals surface area contributed by atoms with Gasteiger partial charge in [0.15, 0.2) is 0 Å². The highest BCUT2D eigenvalue weighted by Crippen LogP contribution is 2.15. The Bertz CT molecular complexity index is 1010. The van der Waals surface area contributed by atoms with Crippen LogP contribution in [0.25, 0.3) is 5.69 Å². The molecule has 0 saturated heterocycles. The van der Waals surface area contributed by atoms with E-state index < -0.39 is 0 Å². The number of nitrogens with zero attached hydrogens (tertiary/aromatic N) is 6. The predicted octanol–water partition coefficient (Wildman–Crippen LogP) is 2.16. The van der Waals surface area contributed by atoms with Crippen molar-refractivity contribution in [1.29, 1.82) is 0 Å². The second-order valence-electron chi connectivity index (χ2n) is 5.59. The average molecular weight is 345 g/mol. The van der Waals surface area contributed by atoms with Gasteiger partial charge in [-0.1, -0.05) is 47.7 Å². The summed E-state index contributed by atoms with van der Waals surface area (Å²) >= 11 is 0. The van der Waals surface area contributed by atoms with E-state index in [4.69, 9.17) is 0 Å². The zero-order valence-electron chi connectivity index (χ0n) is 13.7. The van der Waals surface area contributed by atoms with Crippen LogP contribution >= 0.6 is 0 Å². The summed E-state index contributed by atoms with van der Waals surface area (Å²) in [6.07, 6.45) is 4.83. The van der Waals surface area contributed by atoms with Crippen LogP contribution in [0.15, 0.2) is 73.3 Å². The van der Waals surface area contributed by atoms with Gasteiger partial charge in [0.1, 0.15) is 6.33 Å². The summed E-state index contributed by atoms with van der Waals surface area (Å²) < 4.78 is 3.33.